The van der Waals surface area contributed by atoms with E-state index in [9.17, 15) is 4.79 Å². The summed E-state index contributed by atoms with van der Waals surface area (Å²) in [5.41, 5.74) is -0.0523. The molecule has 0 radical (unpaired) electrons. The monoisotopic (exact) mass is 229 g/mol. The van der Waals surface area contributed by atoms with Crippen molar-refractivity contribution >= 4 is 6.09 Å². The quantitative estimate of drug-likeness (QED) is 0.662. The van der Waals surface area contributed by atoms with E-state index < -0.39 is 6.09 Å². The molecule has 0 spiro atoms. The third-order valence-electron chi connectivity index (χ3n) is 2.99. The third kappa shape index (κ3) is 4.37. The first-order chi connectivity index (χ1) is 7.39. The number of nitrogens with zero attached hydrogens (tertiary/aromatic N) is 1. The zero-order valence-electron chi connectivity index (χ0n) is 10.4. The van der Waals surface area contributed by atoms with Crippen molar-refractivity contribution in [1.82, 2.24) is 15.5 Å². The number of carbonyl (C=O) groups is 1. The fraction of sp³-hybridized carbons (Fsp3) is 0.909. The van der Waals surface area contributed by atoms with E-state index in [0.717, 1.165) is 32.7 Å². The molecule has 0 aromatic rings. The lowest BCUT2D eigenvalue weighted by atomic mass is 9.86. The van der Waals surface area contributed by atoms with Gasteiger partial charge in [-0.1, -0.05) is 20.8 Å². The minimum atomic E-state index is -0.935. The van der Waals surface area contributed by atoms with Gasteiger partial charge in [0.1, 0.15) is 0 Å². The topological polar surface area (TPSA) is 64.6 Å². The van der Waals surface area contributed by atoms with Crippen molar-refractivity contribution in [2.24, 2.45) is 5.41 Å². The Morgan fingerprint density at radius 1 is 1.44 bits per heavy atom. The highest BCUT2D eigenvalue weighted by Gasteiger charge is 2.28. The second-order valence-corrected chi connectivity index (χ2v) is 5.42. The summed E-state index contributed by atoms with van der Waals surface area (Å²) < 4.78 is 0. The number of hydrogen-bond donors (Lipinski definition) is 3. The van der Waals surface area contributed by atoms with Gasteiger partial charge in [-0.05, 0) is 5.41 Å². The van der Waals surface area contributed by atoms with E-state index in [2.05, 4.69) is 36.3 Å². The maximum absolute atomic E-state index is 10.8. The van der Waals surface area contributed by atoms with Gasteiger partial charge in [-0.3, -0.25) is 4.90 Å². The normalized spacial score (nSPS) is 20.4. The Kier molecular flexibility index (Phi) is 4.56. The second-order valence-electron chi connectivity index (χ2n) is 5.42. The minimum Gasteiger partial charge on any atom is -0.465 e. The average molecular weight is 229 g/mol. The lowest BCUT2D eigenvalue weighted by Crippen LogP contribution is -2.54. The van der Waals surface area contributed by atoms with Crippen LogP contribution in [-0.2, 0) is 0 Å². The molecule has 0 aliphatic carbocycles. The van der Waals surface area contributed by atoms with Crippen LogP contribution < -0.4 is 10.6 Å². The largest absolute Gasteiger partial charge is 0.465 e. The van der Waals surface area contributed by atoms with Gasteiger partial charge in [0.2, 0.25) is 0 Å². The lowest BCUT2D eigenvalue weighted by Gasteiger charge is -2.36. The first kappa shape index (κ1) is 13.3. The van der Waals surface area contributed by atoms with Crippen molar-refractivity contribution in [3.63, 3.8) is 0 Å². The molecule has 3 N–H and O–H groups in total. The van der Waals surface area contributed by atoms with E-state index in [1.54, 1.807) is 0 Å². The Morgan fingerprint density at radius 2 is 2.00 bits per heavy atom. The number of hydrogen-bond acceptors (Lipinski definition) is 3. The zero-order chi connectivity index (χ0) is 12.2. The maximum atomic E-state index is 10.8. The van der Waals surface area contributed by atoms with Crippen LogP contribution >= 0.6 is 0 Å². The van der Waals surface area contributed by atoms with Gasteiger partial charge >= 0.3 is 6.09 Å². The molecule has 5 nitrogen and oxygen atoms in total. The van der Waals surface area contributed by atoms with E-state index in [-0.39, 0.29) is 11.5 Å². The van der Waals surface area contributed by atoms with Crippen LogP contribution in [0.5, 0.6) is 0 Å². The van der Waals surface area contributed by atoms with E-state index in [4.69, 9.17) is 5.11 Å². The van der Waals surface area contributed by atoms with Gasteiger partial charge < -0.3 is 15.7 Å². The van der Waals surface area contributed by atoms with Crippen LogP contribution in [-0.4, -0.2) is 54.9 Å². The Bertz CT molecular complexity index is 232. The number of carboxylic acid groups (broad SMARTS) is 1. The van der Waals surface area contributed by atoms with Crippen LogP contribution in [0.1, 0.15) is 20.8 Å². The summed E-state index contributed by atoms with van der Waals surface area (Å²) in [5.74, 6) is 0. The Morgan fingerprint density at radius 3 is 2.44 bits per heavy atom. The SMILES string of the molecule is CC(C)(C)[C@@H](CN1CCNCC1)NC(=O)O. The zero-order valence-corrected chi connectivity index (χ0v) is 10.4. The fourth-order valence-electron chi connectivity index (χ4n) is 1.84. The Balaban J connectivity index is 2.51. The van der Waals surface area contributed by atoms with Crippen molar-refractivity contribution < 1.29 is 9.90 Å². The van der Waals surface area contributed by atoms with Gasteiger partial charge in [0, 0.05) is 38.8 Å². The summed E-state index contributed by atoms with van der Waals surface area (Å²) >= 11 is 0. The molecule has 0 aromatic heterocycles. The molecule has 1 rings (SSSR count). The molecule has 0 bridgehead atoms. The number of piperazine rings is 1. The molecule has 1 atom stereocenters. The summed E-state index contributed by atoms with van der Waals surface area (Å²) in [4.78, 5) is 13.1. The van der Waals surface area contributed by atoms with Gasteiger partial charge in [0.05, 0.1) is 0 Å². The first-order valence-corrected chi connectivity index (χ1v) is 5.82. The van der Waals surface area contributed by atoms with Crippen LogP contribution in [0.3, 0.4) is 0 Å². The number of rotatable bonds is 3. The molecule has 0 aromatic carbocycles. The van der Waals surface area contributed by atoms with E-state index in [0.29, 0.717) is 0 Å². The van der Waals surface area contributed by atoms with Crippen LogP contribution in [0.2, 0.25) is 0 Å². The van der Waals surface area contributed by atoms with E-state index >= 15 is 0 Å². The summed E-state index contributed by atoms with van der Waals surface area (Å²) in [6.07, 6.45) is -0.935. The lowest BCUT2D eigenvalue weighted by molar-refractivity contribution is 0.142. The van der Waals surface area contributed by atoms with E-state index in [1.807, 2.05) is 0 Å². The molecule has 0 unspecified atom stereocenters. The first-order valence-electron chi connectivity index (χ1n) is 5.82. The Hall–Kier alpha value is -0.810. The molecular formula is C11H23N3O2. The van der Waals surface area contributed by atoms with Crippen molar-refractivity contribution in [2.45, 2.75) is 26.8 Å². The standard InChI is InChI=1S/C11H23N3O2/c1-11(2,3)9(13-10(15)16)8-14-6-4-12-5-7-14/h9,12-13H,4-8H2,1-3H3,(H,15,16)/t9-/m1/s1. The van der Waals surface area contributed by atoms with Gasteiger partial charge in [0.25, 0.3) is 0 Å². The molecule has 1 saturated heterocycles. The number of amides is 1. The predicted octanol–water partition coefficient (Wildman–Crippen LogP) is 0.574. The smallest absolute Gasteiger partial charge is 0.404 e. The van der Waals surface area contributed by atoms with E-state index in [1.165, 1.54) is 0 Å². The number of nitrogens with one attached hydrogen (secondary N) is 2. The molecule has 1 heterocycles. The molecule has 0 saturated carbocycles. The van der Waals surface area contributed by atoms with Crippen LogP contribution in [0.4, 0.5) is 4.79 Å². The predicted molar refractivity (Wildman–Crippen MR) is 63.7 cm³/mol. The van der Waals surface area contributed by atoms with Gasteiger partial charge in [-0.2, -0.15) is 0 Å². The average Bonchev–Trinajstić information content (AvgIpc) is 2.16. The summed E-state index contributed by atoms with van der Waals surface area (Å²) in [5, 5.41) is 14.7. The molecule has 94 valence electrons. The molecule has 16 heavy (non-hydrogen) atoms. The Labute approximate surface area is 97.2 Å². The van der Waals surface area contributed by atoms with Gasteiger partial charge in [-0.25, -0.2) is 4.79 Å². The summed E-state index contributed by atoms with van der Waals surface area (Å²) in [6, 6.07) is -0.0249. The van der Waals surface area contributed by atoms with Crippen LogP contribution in [0.25, 0.3) is 0 Å². The molecule has 1 fully saturated rings. The van der Waals surface area contributed by atoms with Gasteiger partial charge in [-0.15, -0.1) is 0 Å². The third-order valence-corrected chi connectivity index (χ3v) is 2.99. The van der Waals surface area contributed by atoms with Crippen molar-refractivity contribution in [3.05, 3.63) is 0 Å². The highest BCUT2D eigenvalue weighted by Crippen LogP contribution is 2.20. The van der Waals surface area contributed by atoms with Crippen molar-refractivity contribution in [1.29, 1.82) is 0 Å². The molecule has 1 amide bonds. The van der Waals surface area contributed by atoms with Crippen molar-refractivity contribution in [3.8, 4) is 0 Å². The molecular weight excluding hydrogens is 206 g/mol. The maximum Gasteiger partial charge on any atom is 0.404 e. The van der Waals surface area contributed by atoms with Crippen molar-refractivity contribution in [2.75, 3.05) is 32.7 Å². The second kappa shape index (κ2) is 5.50. The summed E-state index contributed by atoms with van der Waals surface area (Å²) in [6.45, 7) is 11.0. The summed E-state index contributed by atoms with van der Waals surface area (Å²) in [7, 11) is 0. The van der Waals surface area contributed by atoms with Crippen LogP contribution in [0.15, 0.2) is 0 Å². The molecule has 5 heteroatoms. The highest BCUT2D eigenvalue weighted by atomic mass is 16.4. The van der Waals surface area contributed by atoms with Crippen LogP contribution in [0, 0.1) is 5.41 Å². The molecule has 1 aliphatic rings. The van der Waals surface area contributed by atoms with Gasteiger partial charge in [0.15, 0.2) is 0 Å². The molecule has 1 aliphatic heterocycles. The fourth-order valence-corrected chi connectivity index (χ4v) is 1.84. The minimum absolute atomic E-state index is 0.0249. The highest BCUT2D eigenvalue weighted by molar-refractivity contribution is 5.65.